The van der Waals surface area contributed by atoms with Gasteiger partial charge in [0.15, 0.2) is 5.82 Å². The Morgan fingerprint density at radius 1 is 0.971 bits per heavy atom. The number of nitrogens with zero attached hydrogens (tertiary/aromatic N) is 6. The fourth-order valence-electron chi connectivity index (χ4n) is 5.24. The fourth-order valence-corrected chi connectivity index (χ4v) is 5.24. The van der Waals surface area contributed by atoms with E-state index in [1.807, 2.05) is 42.2 Å². The summed E-state index contributed by atoms with van der Waals surface area (Å²) >= 11 is 0. The second-order valence-electron chi connectivity index (χ2n) is 8.87. The predicted molar refractivity (Wildman–Crippen MR) is 133 cm³/mol. The van der Waals surface area contributed by atoms with Crippen LogP contribution in [0.1, 0.15) is 29.7 Å². The van der Waals surface area contributed by atoms with E-state index in [0.29, 0.717) is 0 Å². The van der Waals surface area contributed by atoms with Crippen molar-refractivity contribution in [2.24, 2.45) is 17.0 Å². The van der Waals surface area contributed by atoms with E-state index < -0.39 is 5.54 Å². The second-order valence-corrected chi connectivity index (χ2v) is 8.87. The summed E-state index contributed by atoms with van der Waals surface area (Å²) in [4.78, 5) is 19.2. The molecule has 1 saturated heterocycles. The highest BCUT2D eigenvalue weighted by Gasteiger charge is 2.57. The number of aromatic nitrogens is 2. The van der Waals surface area contributed by atoms with Gasteiger partial charge >= 0.3 is 0 Å². The van der Waals surface area contributed by atoms with Crippen molar-refractivity contribution in [3.63, 3.8) is 0 Å². The molecule has 3 aromatic rings. The third kappa shape index (κ3) is 3.37. The lowest BCUT2D eigenvalue weighted by atomic mass is 9.76. The number of benzene rings is 2. The van der Waals surface area contributed by atoms with Crippen molar-refractivity contribution in [3.05, 3.63) is 71.7 Å². The van der Waals surface area contributed by atoms with E-state index in [4.69, 9.17) is 19.5 Å². The van der Waals surface area contributed by atoms with Gasteiger partial charge in [-0.2, -0.15) is 0 Å². The minimum atomic E-state index is -0.575. The highest BCUT2D eigenvalue weighted by Crippen LogP contribution is 2.50. The number of rotatable bonds is 6. The topological polar surface area (TPSA) is 67.5 Å². The van der Waals surface area contributed by atoms with Gasteiger partial charge in [0.2, 0.25) is 0 Å². The maximum atomic E-state index is 5.39. The number of amidine groups is 1. The number of fused-ring (bicyclic) bond motifs is 3. The maximum absolute atomic E-state index is 5.39. The van der Waals surface area contributed by atoms with Crippen LogP contribution in [0.4, 0.5) is 5.82 Å². The molecule has 2 atom stereocenters. The van der Waals surface area contributed by atoms with Crippen molar-refractivity contribution in [2.75, 3.05) is 27.9 Å². The molecule has 0 N–H and O–H groups in total. The van der Waals surface area contributed by atoms with Crippen LogP contribution in [0.2, 0.25) is 0 Å². The van der Waals surface area contributed by atoms with Gasteiger partial charge in [-0.3, -0.25) is 4.90 Å². The second kappa shape index (κ2) is 8.61. The van der Waals surface area contributed by atoms with Crippen LogP contribution in [0.25, 0.3) is 0 Å². The summed E-state index contributed by atoms with van der Waals surface area (Å²) in [5.41, 5.74) is 2.72. The summed E-state index contributed by atoms with van der Waals surface area (Å²) in [5.74, 6) is 3.53. The molecule has 0 spiro atoms. The third-order valence-electron chi connectivity index (χ3n) is 7.03. The quantitative estimate of drug-likeness (QED) is 0.560. The zero-order chi connectivity index (χ0) is 23.9. The number of aryl methyl sites for hydroxylation is 1. The number of ether oxygens (including phenoxy) is 2. The van der Waals surface area contributed by atoms with Gasteiger partial charge in [0, 0.05) is 19.5 Å². The Labute approximate surface area is 200 Å². The standard InChI is InChI=1S/C26H30N6O2/c1-18(20-8-12-22(34-5)13-9-20)26-23-24(30(2)16-29-23)27-15-28-25(26)32(17-31(26)3)14-19-6-10-21(33-4)11-7-19/h6-13,15-16,18H,14,17H2,1-5H3. The Kier molecular flexibility index (Phi) is 5.61. The number of aliphatic imine (C=N–C) groups is 2. The molecular formula is C26H30N6O2. The van der Waals surface area contributed by atoms with Crippen LogP contribution in [0.15, 0.2) is 64.8 Å². The Morgan fingerprint density at radius 3 is 2.26 bits per heavy atom. The van der Waals surface area contributed by atoms with Crippen LogP contribution < -0.4 is 9.47 Å². The number of imidazole rings is 1. The monoisotopic (exact) mass is 458 g/mol. The Bertz CT molecular complexity index is 1230. The Hall–Kier alpha value is -3.65. The first-order valence-corrected chi connectivity index (χ1v) is 11.3. The van der Waals surface area contributed by atoms with Crippen molar-refractivity contribution in [2.45, 2.75) is 24.9 Å². The molecule has 0 aliphatic carbocycles. The summed E-state index contributed by atoms with van der Waals surface area (Å²) in [5, 5.41) is 0. The van der Waals surface area contributed by atoms with Crippen molar-refractivity contribution < 1.29 is 9.47 Å². The summed E-state index contributed by atoms with van der Waals surface area (Å²) in [6.45, 7) is 3.68. The van der Waals surface area contributed by atoms with Gasteiger partial charge < -0.3 is 18.9 Å². The molecule has 5 rings (SSSR count). The van der Waals surface area contributed by atoms with E-state index in [-0.39, 0.29) is 5.92 Å². The van der Waals surface area contributed by atoms with Gasteiger partial charge in [0.05, 0.1) is 27.2 Å². The van der Waals surface area contributed by atoms with Gasteiger partial charge in [0.1, 0.15) is 34.9 Å². The maximum Gasteiger partial charge on any atom is 0.159 e. The minimum Gasteiger partial charge on any atom is -0.497 e. The zero-order valence-electron chi connectivity index (χ0n) is 20.3. The van der Waals surface area contributed by atoms with E-state index in [1.165, 1.54) is 11.1 Å². The number of methoxy groups -OCH3 is 2. The molecule has 2 unspecified atom stereocenters. The molecule has 0 saturated carbocycles. The van der Waals surface area contributed by atoms with E-state index in [0.717, 1.165) is 42.1 Å². The average molecular weight is 459 g/mol. The van der Waals surface area contributed by atoms with Gasteiger partial charge in [0.25, 0.3) is 0 Å². The molecule has 8 heteroatoms. The molecule has 0 radical (unpaired) electrons. The lowest BCUT2D eigenvalue weighted by Gasteiger charge is -2.39. The van der Waals surface area contributed by atoms with E-state index in [9.17, 15) is 0 Å². The smallest absolute Gasteiger partial charge is 0.159 e. The predicted octanol–water partition coefficient (Wildman–Crippen LogP) is 3.91. The van der Waals surface area contributed by atoms with Gasteiger partial charge in [-0.05, 0) is 42.4 Å². The molecule has 1 aromatic heterocycles. The molecule has 2 aromatic carbocycles. The molecule has 2 aliphatic heterocycles. The Balaban J connectivity index is 1.61. The number of hydrogen-bond donors (Lipinski definition) is 0. The Morgan fingerprint density at radius 2 is 1.62 bits per heavy atom. The normalized spacial score (nSPS) is 20.4. The van der Waals surface area contributed by atoms with Crippen molar-refractivity contribution in [1.29, 1.82) is 0 Å². The summed E-state index contributed by atoms with van der Waals surface area (Å²) in [7, 11) is 7.49. The van der Waals surface area contributed by atoms with Crippen LogP contribution in [-0.2, 0) is 19.1 Å². The average Bonchev–Trinajstić information content (AvgIpc) is 3.29. The van der Waals surface area contributed by atoms with Gasteiger partial charge in [-0.25, -0.2) is 15.0 Å². The van der Waals surface area contributed by atoms with E-state index in [2.05, 4.69) is 53.0 Å². The highest BCUT2D eigenvalue weighted by atomic mass is 16.5. The largest absolute Gasteiger partial charge is 0.497 e. The molecule has 1 fully saturated rings. The molecular weight excluding hydrogens is 428 g/mol. The molecule has 176 valence electrons. The number of hydrogen-bond acceptors (Lipinski definition) is 7. The molecule has 34 heavy (non-hydrogen) atoms. The summed E-state index contributed by atoms with van der Waals surface area (Å²) in [6.07, 6.45) is 3.51. The van der Waals surface area contributed by atoms with Gasteiger partial charge in [-0.15, -0.1) is 0 Å². The first-order valence-electron chi connectivity index (χ1n) is 11.3. The SMILES string of the molecule is COc1ccc(CN2CN(C)C3(C(C)c4ccc(OC)cc4)C2=NC=Nc2c3ncn2C)cc1. The third-order valence-corrected chi connectivity index (χ3v) is 7.03. The zero-order valence-corrected chi connectivity index (χ0v) is 20.3. The molecule has 8 nitrogen and oxygen atoms in total. The molecule has 3 heterocycles. The van der Waals surface area contributed by atoms with Crippen molar-refractivity contribution in [1.82, 2.24) is 19.4 Å². The minimum absolute atomic E-state index is 0.0540. The highest BCUT2D eigenvalue weighted by molar-refractivity contribution is 6.01. The lowest BCUT2D eigenvalue weighted by Crippen LogP contribution is -2.49. The summed E-state index contributed by atoms with van der Waals surface area (Å²) in [6, 6.07) is 16.5. The van der Waals surface area contributed by atoms with Crippen LogP contribution >= 0.6 is 0 Å². The first-order chi connectivity index (χ1) is 16.5. The lowest BCUT2D eigenvalue weighted by molar-refractivity contribution is 0.167. The first kappa shape index (κ1) is 22.2. The molecule has 2 aliphatic rings. The summed E-state index contributed by atoms with van der Waals surface area (Å²) < 4.78 is 12.7. The van der Waals surface area contributed by atoms with Crippen molar-refractivity contribution in [3.8, 4) is 11.5 Å². The van der Waals surface area contributed by atoms with Crippen LogP contribution in [0.3, 0.4) is 0 Å². The van der Waals surface area contributed by atoms with Crippen LogP contribution in [0, 0.1) is 0 Å². The van der Waals surface area contributed by atoms with Crippen molar-refractivity contribution >= 4 is 18.0 Å². The fraction of sp³-hybridized carbons (Fsp3) is 0.346. The van der Waals surface area contributed by atoms with E-state index in [1.54, 1.807) is 20.6 Å². The van der Waals surface area contributed by atoms with Crippen LogP contribution in [0.5, 0.6) is 11.5 Å². The van der Waals surface area contributed by atoms with Crippen LogP contribution in [-0.4, -0.2) is 59.5 Å². The molecule has 0 amide bonds. The number of likely N-dealkylation sites (N-methyl/N-ethyl adjacent to an activating group) is 1. The van der Waals surface area contributed by atoms with Gasteiger partial charge in [-0.1, -0.05) is 31.2 Å². The van der Waals surface area contributed by atoms with E-state index >= 15 is 0 Å². The molecule has 0 bridgehead atoms.